The van der Waals surface area contributed by atoms with E-state index >= 15 is 0 Å². The molecule has 1 aliphatic rings. The van der Waals surface area contributed by atoms with Gasteiger partial charge in [0.15, 0.2) is 0 Å². The molecule has 2 aromatic rings. The lowest BCUT2D eigenvalue weighted by Crippen LogP contribution is -2.35. The summed E-state index contributed by atoms with van der Waals surface area (Å²) in [5, 5.41) is 0. The maximum atomic E-state index is 13.2. The summed E-state index contributed by atoms with van der Waals surface area (Å²) in [4.78, 5) is 26.6. The Hall–Kier alpha value is -3.02. The van der Waals surface area contributed by atoms with Gasteiger partial charge in [0.2, 0.25) is 0 Å². The Kier molecular flexibility index (Phi) is 6.19. The number of amides is 1. The Morgan fingerprint density at radius 2 is 1.61 bits per heavy atom. The van der Waals surface area contributed by atoms with Crippen LogP contribution in [-0.2, 0) is 28.9 Å². The van der Waals surface area contributed by atoms with Crippen molar-refractivity contribution < 1.29 is 23.8 Å². The van der Waals surface area contributed by atoms with Crippen LogP contribution in [0, 0.1) is 0 Å². The van der Waals surface area contributed by atoms with Gasteiger partial charge in [-0.05, 0) is 60.2 Å². The molecule has 0 aromatic heterocycles. The molecule has 0 N–H and O–H groups in total. The van der Waals surface area contributed by atoms with Crippen molar-refractivity contribution in [2.24, 2.45) is 0 Å². The summed E-state index contributed by atoms with van der Waals surface area (Å²) in [5.41, 5.74) is 3.90. The van der Waals surface area contributed by atoms with Crippen molar-refractivity contribution in [2.75, 3.05) is 27.9 Å². The van der Waals surface area contributed by atoms with E-state index in [2.05, 4.69) is 0 Å². The van der Waals surface area contributed by atoms with Gasteiger partial charge in [-0.15, -0.1) is 0 Å². The van der Waals surface area contributed by atoms with E-state index in [1.807, 2.05) is 30.3 Å². The van der Waals surface area contributed by atoms with E-state index in [4.69, 9.17) is 14.2 Å². The lowest BCUT2D eigenvalue weighted by atomic mass is 10.1. The summed E-state index contributed by atoms with van der Waals surface area (Å²) in [6.07, 6.45) is 3.16. The molecule has 0 bridgehead atoms. The molecule has 0 saturated heterocycles. The molecule has 2 aromatic carbocycles. The summed E-state index contributed by atoms with van der Waals surface area (Å²) in [7, 11) is 4.45. The Labute approximate surface area is 165 Å². The first-order valence-corrected chi connectivity index (χ1v) is 9.24. The van der Waals surface area contributed by atoms with Crippen LogP contribution in [-0.4, -0.2) is 44.7 Å². The van der Waals surface area contributed by atoms with Crippen LogP contribution >= 0.6 is 0 Å². The van der Waals surface area contributed by atoms with Crippen LogP contribution in [0.2, 0.25) is 0 Å². The van der Waals surface area contributed by atoms with Crippen molar-refractivity contribution in [3.05, 3.63) is 58.7 Å². The molecule has 0 atom stereocenters. The third-order valence-electron chi connectivity index (χ3n) is 4.96. The molecular weight excluding hydrogens is 358 g/mol. The molecular formula is C22H25NO5. The summed E-state index contributed by atoms with van der Waals surface area (Å²) in [6, 6.07) is 11.2. The molecule has 28 heavy (non-hydrogen) atoms. The fourth-order valence-electron chi connectivity index (χ4n) is 3.49. The summed E-state index contributed by atoms with van der Waals surface area (Å²) >= 11 is 0. The number of benzene rings is 2. The molecule has 0 radical (unpaired) electrons. The van der Waals surface area contributed by atoms with Gasteiger partial charge in [0, 0.05) is 18.2 Å². The molecule has 148 valence electrons. The molecule has 0 aliphatic heterocycles. The van der Waals surface area contributed by atoms with E-state index in [0.717, 1.165) is 24.8 Å². The topological polar surface area (TPSA) is 65.1 Å². The van der Waals surface area contributed by atoms with E-state index in [-0.39, 0.29) is 19.0 Å². The van der Waals surface area contributed by atoms with Gasteiger partial charge in [-0.1, -0.05) is 6.07 Å². The zero-order valence-electron chi connectivity index (χ0n) is 16.5. The van der Waals surface area contributed by atoms with Crippen LogP contribution in [0.4, 0.5) is 0 Å². The normalized spacial score (nSPS) is 12.2. The second-order valence-corrected chi connectivity index (χ2v) is 6.80. The summed E-state index contributed by atoms with van der Waals surface area (Å²) in [5.74, 6) is 0.570. The second kappa shape index (κ2) is 8.78. The predicted octanol–water partition coefficient (Wildman–Crippen LogP) is 3.01. The van der Waals surface area contributed by atoms with Crippen molar-refractivity contribution in [1.82, 2.24) is 4.90 Å². The molecule has 1 amide bonds. The number of hydrogen-bond donors (Lipinski definition) is 0. The highest BCUT2D eigenvalue weighted by Crippen LogP contribution is 2.26. The highest BCUT2D eigenvalue weighted by molar-refractivity contribution is 5.96. The lowest BCUT2D eigenvalue weighted by Gasteiger charge is -2.22. The monoisotopic (exact) mass is 383 g/mol. The van der Waals surface area contributed by atoms with Gasteiger partial charge in [-0.25, -0.2) is 0 Å². The van der Waals surface area contributed by atoms with Crippen LogP contribution < -0.4 is 9.47 Å². The van der Waals surface area contributed by atoms with Crippen LogP contribution in [0.3, 0.4) is 0 Å². The van der Waals surface area contributed by atoms with Gasteiger partial charge in [-0.2, -0.15) is 0 Å². The van der Waals surface area contributed by atoms with Crippen molar-refractivity contribution in [3.63, 3.8) is 0 Å². The molecule has 0 fully saturated rings. The van der Waals surface area contributed by atoms with Crippen molar-refractivity contribution in [1.29, 1.82) is 0 Å². The number of esters is 1. The molecule has 0 spiro atoms. The standard InChI is InChI=1S/C22H25NO5/c1-26-19-9-15(10-20(12-19)27-2)13-23(14-21(24)28-3)22(25)18-8-7-16-5-4-6-17(16)11-18/h7-12H,4-6,13-14H2,1-3H3. The quantitative estimate of drug-likeness (QED) is 0.688. The smallest absolute Gasteiger partial charge is 0.325 e. The highest BCUT2D eigenvalue weighted by atomic mass is 16.5. The molecule has 6 heteroatoms. The fraction of sp³-hybridized carbons (Fsp3) is 0.364. The molecule has 0 unspecified atom stereocenters. The highest BCUT2D eigenvalue weighted by Gasteiger charge is 2.22. The van der Waals surface area contributed by atoms with Gasteiger partial charge >= 0.3 is 5.97 Å². The fourth-order valence-corrected chi connectivity index (χ4v) is 3.49. The van der Waals surface area contributed by atoms with Gasteiger partial charge < -0.3 is 19.1 Å². The van der Waals surface area contributed by atoms with Gasteiger partial charge in [0.25, 0.3) is 5.91 Å². The van der Waals surface area contributed by atoms with Crippen molar-refractivity contribution in [2.45, 2.75) is 25.8 Å². The number of hydrogen-bond acceptors (Lipinski definition) is 5. The third kappa shape index (κ3) is 4.44. The van der Waals surface area contributed by atoms with Crippen molar-refractivity contribution in [3.8, 4) is 11.5 Å². The minimum atomic E-state index is -0.468. The zero-order valence-corrected chi connectivity index (χ0v) is 16.5. The summed E-state index contributed by atoms with van der Waals surface area (Å²) in [6.45, 7) is 0.102. The number of rotatable bonds is 7. The Morgan fingerprint density at radius 3 is 2.25 bits per heavy atom. The number of carbonyl (C=O) groups is 2. The van der Waals surface area contributed by atoms with Crippen LogP contribution in [0.5, 0.6) is 11.5 Å². The van der Waals surface area contributed by atoms with E-state index in [0.29, 0.717) is 17.1 Å². The Morgan fingerprint density at radius 1 is 0.929 bits per heavy atom. The predicted molar refractivity (Wildman–Crippen MR) is 105 cm³/mol. The minimum absolute atomic E-state index is 0.133. The van der Waals surface area contributed by atoms with Gasteiger partial charge in [-0.3, -0.25) is 9.59 Å². The van der Waals surface area contributed by atoms with Gasteiger partial charge in [0.05, 0.1) is 21.3 Å². The van der Waals surface area contributed by atoms with Gasteiger partial charge in [0.1, 0.15) is 18.0 Å². The second-order valence-electron chi connectivity index (χ2n) is 6.80. The van der Waals surface area contributed by atoms with Crippen LogP contribution in [0.15, 0.2) is 36.4 Å². The van der Waals surface area contributed by atoms with Crippen LogP contribution in [0.1, 0.15) is 33.5 Å². The first-order valence-electron chi connectivity index (χ1n) is 9.24. The van der Waals surface area contributed by atoms with Crippen molar-refractivity contribution >= 4 is 11.9 Å². The van der Waals surface area contributed by atoms with E-state index < -0.39 is 5.97 Å². The first-order chi connectivity index (χ1) is 13.5. The number of carbonyl (C=O) groups excluding carboxylic acids is 2. The maximum Gasteiger partial charge on any atom is 0.325 e. The average Bonchev–Trinajstić information content (AvgIpc) is 3.20. The third-order valence-corrected chi connectivity index (χ3v) is 4.96. The van der Waals surface area contributed by atoms with Crippen LogP contribution in [0.25, 0.3) is 0 Å². The van der Waals surface area contributed by atoms with E-state index in [1.54, 1.807) is 20.3 Å². The average molecular weight is 383 g/mol. The molecule has 1 aliphatic carbocycles. The number of aryl methyl sites for hydroxylation is 2. The maximum absolute atomic E-state index is 13.2. The largest absolute Gasteiger partial charge is 0.497 e. The number of methoxy groups -OCH3 is 3. The van der Waals surface area contributed by atoms with E-state index in [1.165, 1.54) is 23.1 Å². The SMILES string of the molecule is COC(=O)CN(Cc1cc(OC)cc(OC)c1)C(=O)c1ccc2c(c1)CCC2. The molecule has 6 nitrogen and oxygen atoms in total. The first kappa shape index (κ1) is 19.7. The number of ether oxygens (including phenoxy) is 3. The molecule has 0 heterocycles. The zero-order chi connectivity index (χ0) is 20.1. The summed E-state index contributed by atoms with van der Waals surface area (Å²) < 4.78 is 15.4. The minimum Gasteiger partial charge on any atom is -0.497 e. The molecule has 3 rings (SSSR count). The molecule has 0 saturated carbocycles. The van der Waals surface area contributed by atoms with E-state index in [9.17, 15) is 9.59 Å². The number of nitrogens with zero attached hydrogens (tertiary/aromatic N) is 1. The Balaban J connectivity index is 1.88. The number of fused-ring (bicyclic) bond motifs is 1. The lowest BCUT2D eigenvalue weighted by molar-refractivity contribution is -0.141. The Bertz CT molecular complexity index is 855.